The average Bonchev–Trinajstić information content (AvgIpc) is 2.80. The highest BCUT2D eigenvalue weighted by Crippen LogP contribution is 2.28. The van der Waals surface area contributed by atoms with Crippen molar-refractivity contribution in [2.24, 2.45) is 0 Å². The van der Waals surface area contributed by atoms with Gasteiger partial charge in [-0.1, -0.05) is 13.0 Å². The van der Waals surface area contributed by atoms with E-state index in [-0.39, 0.29) is 0 Å². The molecule has 0 saturated heterocycles. The summed E-state index contributed by atoms with van der Waals surface area (Å²) < 4.78 is 5.82. The van der Waals surface area contributed by atoms with E-state index >= 15 is 0 Å². The van der Waals surface area contributed by atoms with Crippen LogP contribution in [-0.4, -0.2) is 4.98 Å². The van der Waals surface area contributed by atoms with Crippen molar-refractivity contribution in [1.29, 1.82) is 0 Å². The van der Waals surface area contributed by atoms with Crippen molar-refractivity contribution in [2.75, 3.05) is 5.73 Å². The molecule has 2 aromatic carbocycles. The van der Waals surface area contributed by atoms with Gasteiger partial charge >= 0.3 is 0 Å². The third kappa shape index (κ3) is 2.08. The first-order valence-electron chi connectivity index (χ1n) is 6.43. The van der Waals surface area contributed by atoms with Gasteiger partial charge in [-0.05, 0) is 54.8 Å². The molecule has 3 nitrogen and oxygen atoms in total. The second-order valence-corrected chi connectivity index (χ2v) is 4.75. The van der Waals surface area contributed by atoms with E-state index in [2.05, 4.69) is 24.0 Å². The zero-order valence-corrected chi connectivity index (χ0v) is 11.1. The minimum absolute atomic E-state index is 0.653. The van der Waals surface area contributed by atoms with Gasteiger partial charge in [-0.15, -0.1) is 0 Å². The average molecular weight is 252 g/mol. The Kier molecular flexibility index (Phi) is 2.75. The van der Waals surface area contributed by atoms with Crippen LogP contribution in [0, 0.1) is 6.92 Å². The first-order chi connectivity index (χ1) is 9.17. The summed E-state index contributed by atoms with van der Waals surface area (Å²) >= 11 is 0. The van der Waals surface area contributed by atoms with E-state index in [0.29, 0.717) is 5.89 Å². The molecule has 1 heterocycles. The molecule has 0 spiro atoms. The third-order valence-corrected chi connectivity index (χ3v) is 3.34. The molecule has 0 bridgehead atoms. The molecule has 3 heteroatoms. The predicted octanol–water partition coefficient (Wildman–Crippen LogP) is 3.95. The number of anilines is 1. The highest BCUT2D eigenvalue weighted by atomic mass is 16.3. The second kappa shape index (κ2) is 4.43. The Hall–Kier alpha value is -2.29. The summed E-state index contributed by atoms with van der Waals surface area (Å²) in [6, 6.07) is 11.9. The molecule has 3 aromatic rings. The number of hydrogen-bond donors (Lipinski definition) is 1. The van der Waals surface area contributed by atoms with Crippen LogP contribution in [0.3, 0.4) is 0 Å². The van der Waals surface area contributed by atoms with Crippen LogP contribution >= 0.6 is 0 Å². The molecule has 0 amide bonds. The van der Waals surface area contributed by atoms with Gasteiger partial charge in [-0.25, -0.2) is 4.98 Å². The van der Waals surface area contributed by atoms with Crippen LogP contribution in [0.2, 0.25) is 0 Å². The van der Waals surface area contributed by atoms with Crippen molar-refractivity contribution in [2.45, 2.75) is 20.3 Å². The Balaban J connectivity index is 2.14. The fraction of sp³-hybridized carbons (Fsp3) is 0.188. The first kappa shape index (κ1) is 11.8. The number of nitrogen functional groups attached to an aromatic ring is 1. The molecule has 0 aliphatic carbocycles. The van der Waals surface area contributed by atoms with Gasteiger partial charge in [-0.3, -0.25) is 0 Å². The maximum atomic E-state index is 5.82. The summed E-state index contributed by atoms with van der Waals surface area (Å²) in [5, 5.41) is 0. The van der Waals surface area contributed by atoms with Crippen LogP contribution in [0.15, 0.2) is 40.8 Å². The van der Waals surface area contributed by atoms with E-state index in [1.54, 1.807) is 0 Å². The molecule has 0 atom stereocenters. The van der Waals surface area contributed by atoms with Crippen molar-refractivity contribution in [3.63, 3.8) is 0 Å². The van der Waals surface area contributed by atoms with Gasteiger partial charge in [0.05, 0.1) is 0 Å². The Morgan fingerprint density at radius 2 is 2.00 bits per heavy atom. The second-order valence-electron chi connectivity index (χ2n) is 4.75. The fourth-order valence-corrected chi connectivity index (χ4v) is 2.23. The van der Waals surface area contributed by atoms with Gasteiger partial charge in [0.2, 0.25) is 5.89 Å². The first-order valence-corrected chi connectivity index (χ1v) is 6.43. The minimum Gasteiger partial charge on any atom is -0.436 e. The molecule has 19 heavy (non-hydrogen) atoms. The number of hydrogen-bond acceptors (Lipinski definition) is 3. The standard InChI is InChI=1S/C16H16N2O/c1-3-11-4-7-15-14(9-11)18-16(19-15)13-6-5-12(17)8-10(13)2/h4-9H,3,17H2,1-2H3. The van der Waals surface area contributed by atoms with Crippen molar-refractivity contribution in [1.82, 2.24) is 4.98 Å². The van der Waals surface area contributed by atoms with Crippen molar-refractivity contribution in [3.8, 4) is 11.5 Å². The summed E-state index contributed by atoms with van der Waals surface area (Å²) in [6.07, 6.45) is 0.999. The summed E-state index contributed by atoms with van der Waals surface area (Å²) in [5.74, 6) is 0.653. The maximum absolute atomic E-state index is 5.82. The minimum atomic E-state index is 0.653. The zero-order chi connectivity index (χ0) is 13.4. The van der Waals surface area contributed by atoms with Crippen LogP contribution in [0.25, 0.3) is 22.6 Å². The van der Waals surface area contributed by atoms with E-state index in [9.17, 15) is 0 Å². The van der Waals surface area contributed by atoms with E-state index < -0.39 is 0 Å². The third-order valence-electron chi connectivity index (χ3n) is 3.34. The molecule has 0 aliphatic heterocycles. The number of fused-ring (bicyclic) bond motifs is 1. The monoisotopic (exact) mass is 252 g/mol. The van der Waals surface area contributed by atoms with Gasteiger partial charge < -0.3 is 10.2 Å². The molecular weight excluding hydrogens is 236 g/mol. The van der Waals surface area contributed by atoms with Crippen LogP contribution in [0.4, 0.5) is 5.69 Å². The summed E-state index contributed by atoms with van der Waals surface area (Å²) in [5.41, 5.74) is 11.6. The Labute approximate surface area is 112 Å². The lowest BCUT2D eigenvalue weighted by Gasteiger charge is -2.01. The SMILES string of the molecule is CCc1ccc2oc(-c3ccc(N)cc3C)nc2c1. The smallest absolute Gasteiger partial charge is 0.227 e. The van der Waals surface area contributed by atoms with E-state index in [1.165, 1.54) is 5.56 Å². The largest absolute Gasteiger partial charge is 0.436 e. The lowest BCUT2D eigenvalue weighted by Crippen LogP contribution is -1.88. The van der Waals surface area contributed by atoms with Gasteiger partial charge in [-0.2, -0.15) is 0 Å². The summed E-state index contributed by atoms with van der Waals surface area (Å²) in [4.78, 5) is 4.57. The molecular formula is C16H16N2O. The van der Waals surface area contributed by atoms with Crippen molar-refractivity contribution >= 4 is 16.8 Å². The van der Waals surface area contributed by atoms with Gasteiger partial charge in [0, 0.05) is 11.3 Å². The maximum Gasteiger partial charge on any atom is 0.227 e. The topological polar surface area (TPSA) is 52.0 Å². The van der Waals surface area contributed by atoms with Crippen LogP contribution < -0.4 is 5.73 Å². The lowest BCUT2D eigenvalue weighted by atomic mass is 10.1. The van der Waals surface area contributed by atoms with Crippen LogP contribution in [-0.2, 0) is 6.42 Å². The molecule has 0 radical (unpaired) electrons. The molecule has 1 aromatic heterocycles. The number of benzene rings is 2. The van der Waals surface area contributed by atoms with Gasteiger partial charge in [0.1, 0.15) is 5.52 Å². The Bertz CT molecular complexity index is 744. The molecule has 3 rings (SSSR count). The van der Waals surface area contributed by atoms with E-state index in [0.717, 1.165) is 34.3 Å². The van der Waals surface area contributed by atoms with Gasteiger partial charge in [0.25, 0.3) is 0 Å². The molecule has 0 unspecified atom stereocenters. The number of nitrogens with zero attached hydrogens (tertiary/aromatic N) is 1. The zero-order valence-electron chi connectivity index (χ0n) is 11.1. The molecule has 0 saturated carbocycles. The van der Waals surface area contributed by atoms with Crippen LogP contribution in [0.1, 0.15) is 18.1 Å². The van der Waals surface area contributed by atoms with Crippen molar-refractivity contribution in [3.05, 3.63) is 47.5 Å². The normalized spacial score (nSPS) is 11.1. The molecule has 0 fully saturated rings. The molecule has 2 N–H and O–H groups in total. The van der Waals surface area contributed by atoms with Crippen LogP contribution in [0.5, 0.6) is 0 Å². The predicted molar refractivity (Wildman–Crippen MR) is 78.0 cm³/mol. The Morgan fingerprint density at radius 1 is 1.16 bits per heavy atom. The number of aryl methyl sites for hydroxylation is 2. The Morgan fingerprint density at radius 3 is 2.74 bits per heavy atom. The highest BCUT2D eigenvalue weighted by Gasteiger charge is 2.10. The number of oxazole rings is 1. The number of nitrogens with two attached hydrogens (primary N) is 1. The summed E-state index contributed by atoms with van der Waals surface area (Å²) in [7, 11) is 0. The van der Waals surface area contributed by atoms with E-state index in [4.69, 9.17) is 10.2 Å². The fourth-order valence-electron chi connectivity index (χ4n) is 2.23. The van der Waals surface area contributed by atoms with E-state index in [1.807, 2.05) is 31.2 Å². The number of rotatable bonds is 2. The molecule has 96 valence electrons. The number of aromatic nitrogens is 1. The van der Waals surface area contributed by atoms with Crippen molar-refractivity contribution < 1.29 is 4.42 Å². The molecule has 0 aliphatic rings. The summed E-state index contributed by atoms with van der Waals surface area (Å²) in [6.45, 7) is 4.14. The highest BCUT2D eigenvalue weighted by molar-refractivity contribution is 5.77. The van der Waals surface area contributed by atoms with Gasteiger partial charge in [0.15, 0.2) is 5.58 Å². The quantitative estimate of drug-likeness (QED) is 0.702. The lowest BCUT2D eigenvalue weighted by molar-refractivity contribution is 0.619.